The molecule has 2 rings (SSSR count). The van der Waals surface area contributed by atoms with E-state index >= 15 is 0 Å². The Morgan fingerprint density at radius 1 is 1.32 bits per heavy atom. The van der Waals surface area contributed by atoms with Crippen molar-refractivity contribution in [3.8, 4) is 6.07 Å². The molecule has 0 aromatic carbocycles. The molecule has 0 atom stereocenters. The van der Waals surface area contributed by atoms with Gasteiger partial charge in [-0.15, -0.1) is 0 Å². The molecular formula is C12H11Cl2N3O4S. The van der Waals surface area contributed by atoms with Crippen molar-refractivity contribution in [3.05, 3.63) is 28.1 Å². The fourth-order valence-electron chi connectivity index (χ4n) is 1.93. The normalized spacial score (nSPS) is 15.3. The first-order valence-electron chi connectivity index (χ1n) is 6.23. The van der Waals surface area contributed by atoms with E-state index in [2.05, 4.69) is 5.32 Å². The number of rotatable bonds is 4. The van der Waals surface area contributed by atoms with Crippen LogP contribution >= 0.6 is 23.2 Å². The fourth-order valence-corrected chi connectivity index (χ4v) is 3.54. The molecule has 1 saturated heterocycles. The van der Waals surface area contributed by atoms with Crippen LogP contribution in [0.5, 0.6) is 0 Å². The lowest BCUT2D eigenvalue weighted by molar-refractivity contribution is 0.0934. The topological polar surface area (TPSA) is 103 Å². The third kappa shape index (κ3) is 3.44. The highest BCUT2D eigenvalue weighted by atomic mass is 35.5. The Kier molecular flexibility index (Phi) is 5.13. The Bertz CT molecular complexity index is 754. The molecule has 10 heteroatoms. The van der Waals surface area contributed by atoms with E-state index in [-0.39, 0.29) is 16.5 Å². The lowest BCUT2D eigenvalue weighted by Crippen LogP contribution is -2.27. The van der Waals surface area contributed by atoms with E-state index in [4.69, 9.17) is 32.9 Å². The fraction of sp³-hybridized carbons (Fsp3) is 0.333. The largest absolute Gasteiger partial charge is 0.438 e. The summed E-state index contributed by atoms with van der Waals surface area (Å²) in [5, 5.41) is 10.6. The summed E-state index contributed by atoms with van der Waals surface area (Å²) in [6.45, 7) is 0.849. The van der Waals surface area contributed by atoms with Crippen LogP contribution in [0, 0.1) is 11.3 Å². The second kappa shape index (κ2) is 6.71. The van der Waals surface area contributed by atoms with E-state index in [0.29, 0.717) is 13.1 Å². The van der Waals surface area contributed by atoms with E-state index in [1.54, 1.807) is 6.07 Å². The van der Waals surface area contributed by atoms with E-state index in [9.17, 15) is 13.2 Å². The second-order valence-corrected chi connectivity index (χ2v) is 7.25. The third-order valence-corrected chi connectivity index (χ3v) is 5.15. The first-order chi connectivity index (χ1) is 10.4. The van der Waals surface area contributed by atoms with E-state index in [1.807, 2.05) is 0 Å². The van der Waals surface area contributed by atoms with Crippen LogP contribution in [0.4, 0.5) is 0 Å². The van der Waals surface area contributed by atoms with Gasteiger partial charge in [0.25, 0.3) is 15.9 Å². The lowest BCUT2D eigenvalue weighted by Gasteiger charge is -2.12. The van der Waals surface area contributed by atoms with Gasteiger partial charge < -0.3 is 9.73 Å². The zero-order valence-corrected chi connectivity index (χ0v) is 13.5. The lowest BCUT2D eigenvalue weighted by atomic mass is 10.4. The summed E-state index contributed by atoms with van der Waals surface area (Å²) in [7, 11) is -3.74. The van der Waals surface area contributed by atoms with Crippen LogP contribution in [0.2, 0.25) is 0 Å². The minimum absolute atomic E-state index is 0.264. The number of nitrogens with zero attached hydrogens (tertiary/aromatic N) is 2. The number of allylic oxidation sites excluding steroid dienone is 1. The Hall–Kier alpha value is -1.53. The van der Waals surface area contributed by atoms with Gasteiger partial charge in [-0.25, -0.2) is 8.42 Å². The van der Waals surface area contributed by atoms with E-state index in [0.717, 1.165) is 12.8 Å². The zero-order chi connectivity index (χ0) is 16.3. The monoisotopic (exact) mass is 363 g/mol. The van der Waals surface area contributed by atoms with Crippen LogP contribution in [0.25, 0.3) is 0 Å². The van der Waals surface area contributed by atoms with Gasteiger partial charge in [0, 0.05) is 13.1 Å². The predicted molar refractivity (Wildman–Crippen MR) is 78.5 cm³/mol. The van der Waals surface area contributed by atoms with Gasteiger partial charge in [-0.1, -0.05) is 23.2 Å². The highest BCUT2D eigenvalue weighted by Crippen LogP contribution is 2.23. The number of furan rings is 1. The first kappa shape index (κ1) is 16.8. The van der Waals surface area contributed by atoms with Crippen molar-refractivity contribution in [2.45, 2.75) is 17.9 Å². The molecule has 0 saturated carbocycles. The zero-order valence-electron chi connectivity index (χ0n) is 11.2. The van der Waals surface area contributed by atoms with Gasteiger partial charge >= 0.3 is 0 Å². The SMILES string of the molecule is N#CC(NC(=O)c1ccc(S(=O)(=O)N2CCCC2)o1)=C(Cl)Cl. The molecular weight excluding hydrogens is 353 g/mol. The molecule has 1 fully saturated rings. The average Bonchev–Trinajstić information content (AvgIpc) is 3.14. The van der Waals surface area contributed by atoms with Crippen molar-refractivity contribution < 1.29 is 17.6 Å². The summed E-state index contributed by atoms with van der Waals surface area (Å²) in [4.78, 5) is 11.9. The molecule has 1 amide bonds. The molecule has 22 heavy (non-hydrogen) atoms. The van der Waals surface area contributed by atoms with Gasteiger partial charge in [0.05, 0.1) is 0 Å². The molecule has 1 aromatic rings. The van der Waals surface area contributed by atoms with Gasteiger partial charge in [-0.2, -0.15) is 9.57 Å². The Morgan fingerprint density at radius 3 is 2.50 bits per heavy atom. The van der Waals surface area contributed by atoms with Crippen LogP contribution in [0.1, 0.15) is 23.4 Å². The predicted octanol–water partition coefficient (Wildman–Crippen LogP) is 1.96. The minimum Gasteiger partial charge on any atom is -0.438 e. The second-order valence-electron chi connectivity index (χ2n) is 4.43. The Morgan fingerprint density at radius 2 is 1.95 bits per heavy atom. The van der Waals surface area contributed by atoms with Crippen molar-refractivity contribution in [2.75, 3.05) is 13.1 Å². The molecule has 0 radical (unpaired) electrons. The molecule has 7 nitrogen and oxygen atoms in total. The van der Waals surface area contributed by atoms with Gasteiger partial charge in [-0.05, 0) is 25.0 Å². The van der Waals surface area contributed by atoms with Crippen LogP contribution in [0.3, 0.4) is 0 Å². The Labute approximate surface area is 137 Å². The molecule has 2 heterocycles. The molecule has 1 N–H and O–H groups in total. The van der Waals surface area contributed by atoms with Gasteiger partial charge in [-0.3, -0.25) is 4.79 Å². The van der Waals surface area contributed by atoms with Crippen molar-refractivity contribution in [3.63, 3.8) is 0 Å². The maximum Gasteiger partial charge on any atom is 0.292 e. The van der Waals surface area contributed by atoms with Crippen molar-refractivity contribution in [1.29, 1.82) is 5.26 Å². The summed E-state index contributed by atoms with van der Waals surface area (Å²) in [5.41, 5.74) is -0.353. The summed E-state index contributed by atoms with van der Waals surface area (Å²) >= 11 is 10.8. The molecule has 0 unspecified atom stereocenters. The highest BCUT2D eigenvalue weighted by Gasteiger charge is 2.30. The minimum atomic E-state index is -3.74. The maximum atomic E-state index is 12.3. The van der Waals surface area contributed by atoms with Gasteiger partial charge in [0.15, 0.2) is 11.5 Å². The summed E-state index contributed by atoms with van der Waals surface area (Å²) in [5.74, 6) is -1.08. The van der Waals surface area contributed by atoms with Crippen LogP contribution in [-0.4, -0.2) is 31.7 Å². The molecule has 0 aliphatic carbocycles. The molecule has 0 bridgehead atoms. The molecule has 0 spiro atoms. The number of carbonyl (C=O) groups excluding carboxylic acids is 1. The van der Waals surface area contributed by atoms with Crippen LogP contribution < -0.4 is 5.32 Å². The van der Waals surface area contributed by atoms with Crippen molar-refractivity contribution >= 4 is 39.1 Å². The number of sulfonamides is 1. The Balaban J connectivity index is 2.20. The number of hydrogen-bond donors (Lipinski definition) is 1. The molecule has 118 valence electrons. The van der Waals surface area contributed by atoms with Crippen molar-refractivity contribution in [1.82, 2.24) is 9.62 Å². The number of halogens is 2. The highest BCUT2D eigenvalue weighted by molar-refractivity contribution is 7.89. The maximum absolute atomic E-state index is 12.3. The number of carbonyl (C=O) groups is 1. The van der Waals surface area contributed by atoms with E-state index < -0.39 is 20.4 Å². The summed E-state index contributed by atoms with van der Waals surface area (Å²) in [6, 6.07) is 4.00. The third-order valence-electron chi connectivity index (χ3n) is 3.00. The summed E-state index contributed by atoms with van der Waals surface area (Å²) < 4.78 is 30.5. The van der Waals surface area contributed by atoms with E-state index in [1.165, 1.54) is 16.4 Å². The summed E-state index contributed by atoms with van der Waals surface area (Å²) in [6.07, 6.45) is 1.58. The average molecular weight is 364 g/mol. The molecule has 1 aliphatic rings. The first-order valence-corrected chi connectivity index (χ1v) is 8.42. The number of nitriles is 1. The number of amides is 1. The quantitative estimate of drug-likeness (QED) is 0.823. The standard InChI is InChI=1S/C12H11Cl2N3O4S/c13-11(14)8(7-15)16-12(18)9-3-4-10(21-9)22(19,20)17-5-1-2-6-17/h3-4H,1-2,5-6H2,(H,16,18). The molecule has 1 aliphatic heterocycles. The molecule has 1 aromatic heterocycles. The van der Waals surface area contributed by atoms with Crippen LogP contribution in [0.15, 0.2) is 31.8 Å². The smallest absolute Gasteiger partial charge is 0.292 e. The number of hydrogen-bond acceptors (Lipinski definition) is 5. The number of nitrogens with one attached hydrogen (secondary N) is 1. The van der Waals surface area contributed by atoms with Crippen LogP contribution in [-0.2, 0) is 10.0 Å². The van der Waals surface area contributed by atoms with Gasteiger partial charge in [0.1, 0.15) is 10.6 Å². The van der Waals surface area contributed by atoms with Gasteiger partial charge in [0.2, 0.25) is 5.09 Å². The van der Waals surface area contributed by atoms with Crippen molar-refractivity contribution in [2.24, 2.45) is 0 Å².